The molecule has 0 unspecified atom stereocenters. The third kappa shape index (κ3) is 3.89. The lowest BCUT2D eigenvalue weighted by Gasteiger charge is -2.21. The van der Waals surface area contributed by atoms with Crippen molar-refractivity contribution in [3.05, 3.63) is 106 Å². The molecule has 144 valence electrons. The van der Waals surface area contributed by atoms with E-state index in [0.29, 0.717) is 5.57 Å². The number of benzene rings is 3. The number of nitrogens with zero attached hydrogens (tertiary/aromatic N) is 1. The molecule has 3 nitrogen and oxygen atoms in total. The van der Waals surface area contributed by atoms with E-state index in [9.17, 15) is 4.79 Å². The van der Waals surface area contributed by atoms with Gasteiger partial charge < -0.3 is 4.74 Å². The molecular formula is C25H20BrNO2. The SMILES string of the molecule is COc1ccc(/C=C2\C=C(c3ccccc3)N(c3ccc(C)cc3)C2=O)cc1Br. The summed E-state index contributed by atoms with van der Waals surface area (Å²) in [6, 6.07) is 23.8. The molecule has 4 rings (SSSR count). The molecule has 1 amide bonds. The highest BCUT2D eigenvalue weighted by molar-refractivity contribution is 9.10. The van der Waals surface area contributed by atoms with E-state index in [1.165, 1.54) is 0 Å². The van der Waals surface area contributed by atoms with Gasteiger partial charge in [-0.25, -0.2) is 0 Å². The predicted molar refractivity (Wildman–Crippen MR) is 122 cm³/mol. The molecule has 29 heavy (non-hydrogen) atoms. The van der Waals surface area contributed by atoms with E-state index in [2.05, 4.69) is 15.9 Å². The Labute approximate surface area is 179 Å². The lowest BCUT2D eigenvalue weighted by molar-refractivity contribution is -0.113. The van der Waals surface area contributed by atoms with Crippen LogP contribution < -0.4 is 9.64 Å². The molecule has 0 N–H and O–H groups in total. The van der Waals surface area contributed by atoms with Gasteiger partial charge >= 0.3 is 0 Å². The minimum absolute atomic E-state index is 0.0420. The number of methoxy groups -OCH3 is 1. The van der Waals surface area contributed by atoms with Crippen molar-refractivity contribution in [1.82, 2.24) is 0 Å². The van der Waals surface area contributed by atoms with Crippen LogP contribution in [0.5, 0.6) is 5.75 Å². The summed E-state index contributed by atoms with van der Waals surface area (Å²) in [6.45, 7) is 2.04. The van der Waals surface area contributed by atoms with Gasteiger partial charge in [0.1, 0.15) is 5.75 Å². The van der Waals surface area contributed by atoms with Crippen molar-refractivity contribution < 1.29 is 9.53 Å². The van der Waals surface area contributed by atoms with Gasteiger partial charge in [-0.05, 0) is 70.4 Å². The van der Waals surface area contributed by atoms with Crippen molar-refractivity contribution in [2.45, 2.75) is 6.92 Å². The zero-order chi connectivity index (χ0) is 20.4. The Kier molecular flexibility index (Phi) is 5.36. The zero-order valence-corrected chi connectivity index (χ0v) is 17.8. The third-order valence-electron chi connectivity index (χ3n) is 4.84. The van der Waals surface area contributed by atoms with E-state index >= 15 is 0 Å². The van der Waals surface area contributed by atoms with Crippen LogP contribution in [0.2, 0.25) is 0 Å². The maximum atomic E-state index is 13.4. The van der Waals surface area contributed by atoms with E-state index in [0.717, 1.165) is 38.3 Å². The standard InChI is InChI=1S/C25H20BrNO2/c1-17-8-11-21(12-9-17)27-23(19-6-4-3-5-7-19)16-20(25(27)28)14-18-10-13-24(29-2)22(26)15-18/h3-16H,1-2H3/b20-14+. The summed E-state index contributed by atoms with van der Waals surface area (Å²) < 4.78 is 6.15. The normalized spacial score (nSPS) is 15.0. The molecule has 1 aliphatic heterocycles. The number of carbonyl (C=O) groups is 1. The van der Waals surface area contributed by atoms with Crippen LogP contribution >= 0.6 is 15.9 Å². The number of anilines is 1. The number of hydrogen-bond acceptors (Lipinski definition) is 2. The summed E-state index contributed by atoms with van der Waals surface area (Å²) in [6.07, 6.45) is 3.86. The van der Waals surface area contributed by atoms with Crippen LogP contribution in [0.1, 0.15) is 16.7 Å². The maximum absolute atomic E-state index is 13.4. The van der Waals surface area contributed by atoms with Gasteiger partial charge in [0.2, 0.25) is 0 Å². The van der Waals surface area contributed by atoms with Crippen LogP contribution in [0.25, 0.3) is 11.8 Å². The van der Waals surface area contributed by atoms with E-state index < -0.39 is 0 Å². The fourth-order valence-corrected chi connectivity index (χ4v) is 3.90. The number of rotatable bonds is 4. The Morgan fingerprint density at radius 2 is 1.69 bits per heavy atom. The monoisotopic (exact) mass is 445 g/mol. The summed E-state index contributed by atoms with van der Waals surface area (Å²) in [5.74, 6) is 0.714. The lowest BCUT2D eigenvalue weighted by Crippen LogP contribution is -2.24. The van der Waals surface area contributed by atoms with E-state index in [4.69, 9.17) is 4.74 Å². The summed E-state index contributed by atoms with van der Waals surface area (Å²) >= 11 is 3.51. The zero-order valence-electron chi connectivity index (χ0n) is 16.2. The minimum Gasteiger partial charge on any atom is -0.496 e. The van der Waals surface area contributed by atoms with Crippen LogP contribution in [0.15, 0.2) is 88.9 Å². The van der Waals surface area contributed by atoms with Crippen molar-refractivity contribution in [3.8, 4) is 5.75 Å². The molecule has 0 saturated carbocycles. The first-order chi connectivity index (χ1) is 14.1. The largest absolute Gasteiger partial charge is 0.496 e. The molecule has 0 saturated heterocycles. The fourth-order valence-electron chi connectivity index (χ4n) is 3.34. The van der Waals surface area contributed by atoms with Gasteiger partial charge in [-0.3, -0.25) is 9.69 Å². The van der Waals surface area contributed by atoms with Crippen LogP contribution in [0.4, 0.5) is 5.69 Å². The molecular weight excluding hydrogens is 426 g/mol. The molecule has 3 aromatic carbocycles. The van der Waals surface area contributed by atoms with Gasteiger partial charge in [-0.15, -0.1) is 0 Å². The van der Waals surface area contributed by atoms with Crippen LogP contribution in [0, 0.1) is 6.92 Å². The highest BCUT2D eigenvalue weighted by Gasteiger charge is 2.30. The third-order valence-corrected chi connectivity index (χ3v) is 5.46. The van der Waals surface area contributed by atoms with Gasteiger partial charge in [0.15, 0.2) is 0 Å². The Bertz CT molecular complexity index is 1120. The van der Waals surface area contributed by atoms with Gasteiger partial charge in [-0.1, -0.05) is 54.1 Å². The average molecular weight is 446 g/mol. The summed E-state index contributed by atoms with van der Waals surface area (Å²) in [4.78, 5) is 15.1. The number of halogens is 1. The smallest absolute Gasteiger partial charge is 0.262 e. The first-order valence-electron chi connectivity index (χ1n) is 9.30. The van der Waals surface area contributed by atoms with E-state index in [-0.39, 0.29) is 5.91 Å². The quantitative estimate of drug-likeness (QED) is 0.444. The molecule has 0 aromatic heterocycles. The molecule has 0 atom stereocenters. The molecule has 0 bridgehead atoms. The Balaban J connectivity index is 1.79. The minimum atomic E-state index is -0.0420. The summed E-state index contributed by atoms with van der Waals surface area (Å²) in [7, 11) is 1.63. The van der Waals surface area contributed by atoms with E-state index in [1.807, 2.05) is 91.9 Å². The van der Waals surface area contributed by atoms with Crippen molar-refractivity contribution in [3.63, 3.8) is 0 Å². The first kappa shape index (κ1) is 19.2. The molecule has 0 fully saturated rings. The second-order valence-electron chi connectivity index (χ2n) is 6.87. The first-order valence-corrected chi connectivity index (χ1v) is 10.1. The average Bonchev–Trinajstić information content (AvgIpc) is 3.06. The molecule has 0 aliphatic carbocycles. The van der Waals surface area contributed by atoms with Crippen LogP contribution in [-0.4, -0.2) is 13.0 Å². The number of carbonyl (C=O) groups excluding carboxylic acids is 1. The van der Waals surface area contributed by atoms with Gasteiger partial charge in [0, 0.05) is 11.3 Å². The van der Waals surface area contributed by atoms with Crippen molar-refractivity contribution in [1.29, 1.82) is 0 Å². The van der Waals surface area contributed by atoms with Crippen LogP contribution in [0.3, 0.4) is 0 Å². The molecule has 3 aromatic rings. The molecule has 1 heterocycles. The van der Waals surface area contributed by atoms with Crippen molar-refractivity contribution in [2.24, 2.45) is 0 Å². The highest BCUT2D eigenvalue weighted by Crippen LogP contribution is 2.36. The molecule has 0 spiro atoms. The lowest BCUT2D eigenvalue weighted by atomic mass is 10.1. The van der Waals surface area contributed by atoms with Gasteiger partial charge in [-0.2, -0.15) is 0 Å². The van der Waals surface area contributed by atoms with Crippen molar-refractivity contribution >= 4 is 39.3 Å². The van der Waals surface area contributed by atoms with Gasteiger partial charge in [0.05, 0.1) is 17.3 Å². The topological polar surface area (TPSA) is 29.5 Å². The fraction of sp³-hybridized carbons (Fsp3) is 0.0800. The second kappa shape index (κ2) is 8.10. The molecule has 1 aliphatic rings. The number of aryl methyl sites for hydroxylation is 1. The Morgan fingerprint density at radius 3 is 2.34 bits per heavy atom. The second-order valence-corrected chi connectivity index (χ2v) is 7.72. The Hall–Kier alpha value is -3.11. The Morgan fingerprint density at radius 1 is 0.966 bits per heavy atom. The number of hydrogen-bond donors (Lipinski definition) is 0. The summed E-state index contributed by atoms with van der Waals surface area (Å²) in [5.41, 5.74) is 5.45. The van der Waals surface area contributed by atoms with E-state index in [1.54, 1.807) is 12.0 Å². The number of ether oxygens (including phenoxy) is 1. The van der Waals surface area contributed by atoms with Crippen molar-refractivity contribution in [2.75, 3.05) is 12.0 Å². The predicted octanol–water partition coefficient (Wildman–Crippen LogP) is 6.24. The molecule has 0 radical (unpaired) electrons. The highest BCUT2D eigenvalue weighted by atomic mass is 79.9. The van der Waals surface area contributed by atoms with Gasteiger partial charge in [0.25, 0.3) is 5.91 Å². The van der Waals surface area contributed by atoms with Crippen LogP contribution in [-0.2, 0) is 4.79 Å². The molecule has 4 heteroatoms. The maximum Gasteiger partial charge on any atom is 0.262 e. The number of amides is 1. The summed E-state index contributed by atoms with van der Waals surface area (Å²) in [5, 5.41) is 0.